The van der Waals surface area contributed by atoms with Crippen molar-refractivity contribution >= 4 is 5.91 Å². The molecule has 0 N–H and O–H groups in total. The van der Waals surface area contributed by atoms with Crippen LogP contribution in [0.2, 0.25) is 0 Å². The Kier molecular flexibility index (Phi) is 4.97. The van der Waals surface area contributed by atoms with Gasteiger partial charge in [-0.25, -0.2) is 9.37 Å². The fourth-order valence-electron chi connectivity index (χ4n) is 3.15. The molecule has 0 aliphatic carbocycles. The summed E-state index contributed by atoms with van der Waals surface area (Å²) in [4.78, 5) is 18.7. The predicted octanol–water partition coefficient (Wildman–Crippen LogP) is 3.99. The Morgan fingerprint density at radius 1 is 1.25 bits per heavy atom. The van der Waals surface area contributed by atoms with Crippen molar-refractivity contribution in [3.63, 3.8) is 0 Å². The van der Waals surface area contributed by atoms with Crippen LogP contribution >= 0.6 is 0 Å². The molecule has 4 rings (SSSR count). The topological polar surface area (TPSA) is 64.8 Å². The molecule has 1 aliphatic heterocycles. The van der Waals surface area contributed by atoms with Gasteiger partial charge in [0.1, 0.15) is 23.6 Å². The van der Waals surface area contributed by atoms with Crippen molar-refractivity contribution in [3.05, 3.63) is 77.8 Å². The van der Waals surface area contributed by atoms with Crippen molar-refractivity contribution in [2.24, 2.45) is 0 Å². The number of rotatable bonds is 6. The fourth-order valence-corrected chi connectivity index (χ4v) is 3.15. The van der Waals surface area contributed by atoms with Gasteiger partial charge in [-0.15, -0.1) is 0 Å². The van der Waals surface area contributed by atoms with Crippen LogP contribution in [0.15, 0.2) is 59.2 Å². The van der Waals surface area contributed by atoms with Crippen LogP contribution in [0.25, 0.3) is 0 Å². The highest BCUT2D eigenvalue weighted by molar-refractivity contribution is 5.92. The second-order valence-electron chi connectivity index (χ2n) is 6.45. The lowest BCUT2D eigenvalue weighted by atomic mass is 9.94. The number of hydrogen-bond donors (Lipinski definition) is 0. The van der Waals surface area contributed by atoms with Crippen LogP contribution < -0.4 is 9.47 Å². The van der Waals surface area contributed by atoms with Gasteiger partial charge in [0, 0.05) is 12.6 Å². The molecule has 1 unspecified atom stereocenters. The summed E-state index contributed by atoms with van der Waals surface area (Å²) in [5.41, 5.74) is 1.25. The van der Waals surface area contributed by atoms with E-state index in [1.54, 1.807) is 24.1 Å². The van der Waals surface area contributed by atoms with E-state index >= 15 is 0 Å². The van der Waals surface area contributed by atoms with E-state index in [0.29, 0.717) is 12.3 Å². The first kappa shape index (κ1) is 18.0. The molecule has 2 heterocycles. The first-order valence-electron chi connectivity index (χ1n) is 8.92. The summed E-state index contributed by atoms with van der Waals surface area (Å²) in [6.07, 6.45) is 2.21. The highest BCUT2D eigenvalue weighted by atomic mass is 19.1. The molecule has 3 aromatic rings. The molecule has 28 heavy (non-hydrogen) atoms. The smallest absolute Gasteiger partial charge is 0.276 e. The third-order valence-corrected chi connectivity index (χ3v) is 4.69. The lowest BCUT2D eigenvalue weighted by molar-refractivity contribution is 0.0453. The number of aromatic nitrogens is 1. The Morgan fingerprint density at radius 3 is 2.82 bits per heavy atom. The Labute approximate surface area is 161 Å². The number of halogens is 1. The van der Waals surface area contributed by atoms with Gasteiger partial charge in [0.05, 0.1) is 13.2 Å². The number of hydrogen-bond acceptors (Lipinski definition) is 5. The summed E-state index contributed by atoms with van der Waals surface area (Å²) in [6, 6.07) is 13.5. The number of ether oxygens (including phenoxy) is 2. The van der Waals surface area contributed by atoms with E-state index in [-0.39, 0.29) is 36.0 Å². The van der Waals surface area contributed by atoms with Crippen molar-refractivity contribution in [2.45, 2.75) is 19.1 Å². The van der Waals surface area contributed by atoms with E-state index in [0.717, 1.165) is 17.7 Å². The standard InChI is InChI=1S/C21H19FN2O4/c1-26-16-6-2-4-14(10-16)19-8-9-24(19)21(25)18-12-28-20(23-18)13-27-17-7-3-5-15(22)11-17/h2-7,10-12,19H,8-9,13H2,1H3. The van der Waals surface area contributed by atoms with E-state index in [9.17, 15) is 9.18 Å². The van der Waals surface area contributed by atoms with Crippen molar-refractivity contribution in [1.82, 2.24) is 9.88 Å². The van der Waals surface area contributed by atoms with E-state index < -0.39 is 0 Å². The number of oxazole rings is 1. The lowest BCUT2D eigenvalue weighted by Gasteiger charge is -2.41. The van der Waals surface area contributed by atoms with Gasteiger partial charge in [-0.3, -0.25) is 4.79 Å². The highest BCUT2D eigenvalue weighted by Gasteiger charge is 2.35. The zero-order valence-electron chi connectivity index (χ0n) is 15.3. The number of amides is 1. The lowest BCUT2D eigenvalue weighted by Crippen LogP contribution is -2.45. The quantitative estimate of drug-likeness (QED) is 0.645. The summed E-state index contributed by atoms with van der Waals surface area (Å²) >= 11 is 0. The normalized spacial score (nSPS) is 15.8. The first-order valence-corrected chi connectivity index (χ1v) is 8.92. The molecule has 0 spiro atoms. The molecular formula is C21H19FN2O4. The second kappa shape index (κ2) is 7.72. The molecule has 1 amide bonds. The van der Waals surface area contributed by atoms with Crippen molar-refractivity contribution in [3.8, 4) is 11.5 Å². The molecule has 0 radical (unpaired) electrons. The molecule has 1 aromatic heterocycles. The van der Waals surface area contributed by atoms with Gasteiger partial charge < -0.3 is 18.8 Å². The monoisotopic (exact) mass is 382 g/mol. The van der Waals surface area contributed by atoms with Crippen LogP contribution in [-0.2, 0) is 6.61 Å². The van der Waals surface area contributed by atoms with Crippen molar-refractivity contribution in [2.75, 3.05) is 13.7 Å². The average Bonchev–Trinajstić information content (AvgIpc) is 3.15. The van der Waals surface area contributed by atoms with Crippen molar-refractivity contribution < 1.29 is 23.1 Å². The Hall–Kier alpha value is -3.35. The SMILES string of the molecule is COc1cccc(C2CCN2C(=O)c2coc(COc3cccc(F)c3)n2)c1. The summed E-state index contributed by atoms with van der Waals surface area (Å²) in [7, 11) is 1.62. The Bertz CT molecular complexity index is 988. The molecule has 6 nitrogen and oxygen atoms in total. The summed E-state index contributed by atoms with van der Waals surface area (Å²) in [6.45, 7) is 0.665. The number of carbonyl (C=O) groups excluding carboxylic acids is 1. The molecule has 1 atom stereocenters. The number of methoxy groups -OCH3 is 1. The largest absolute Gasteiger partial charge is 0.497 e. The minimum Gasteiger partial charge on any atom is -0.497 e. The summed E-state index contributed by atoms with van der Waals surface area (Å²) in [5, 5.41) is 0. The van der Waals surface area contributed by atoms with Crippen LogP contribution in [-0.4, -0.2) is 29.4 Å². The maximum Gasteiger partial charge on any atom is 0.276 e. The predicted molar refractivity (Wildman–Crippen MR) is 98.6 cm³/mol. The number of likely N-dealkylation sites (tertiary alicyclic amines) is 1. The van der Waals surface area contributed by atoms with Gasteiger partial charge in [0.15, 0.2) is 12.3 Å². The van der Waals surface area contributed by atoms with Crippen LogP contribution in [0.4, 0.5) is 4.39 Å². The minimum absolute atomic E-state index is 0.00806. The molecule has 1 fully saturated rings. The molecule has 0 bridgehead atoms. The van der Waals surface area contributed by atoms with E-state index in [2.05, 4.69) is 4.98 Å². The van der Waals surface area contributed by atoms with Crippen LogP contribution in [0.3, 0.4) is 0 Å². The van der Waals surface area contributed by atoms with Crippen LogP contribution in [0, 0.1) is 5.82 Å². The molecule has 7 heteroatoms. The highest BCUT2D eigenvalue weighted by Crippen LogP contribution is 2.35. The van der Waals surface area contributed by atoms with Gasteiger partial charge in [-0.05, 0) is 36.2 Å². The third-order valence-electron chi connectivity index (χ3n) is 4.69. The summed E-state index contributed by atoms with van der Waals surface area (Å²) in [5.74, 6) is 0.801. The van der Waals surface area contributed by atoms with Crippen molar-refractivity contribution in [1.29, 1.82) is 0 Å². The molecule has 0 saturated carbocycles. The Morgan fingerprint density at radius 2 is 2.07 bits per heavy atom. The zero-order valence-corrected chi connectivity index (χ0v) is 15.3. The van der Waals surface area contributed by atoms with E-state index in [4.69, 9.17) is 13.9 Å². The molecular weight excluding hydrogens is 363 g/mol. The molecule has 2 aromatic carbocycles. The second-order valence-corrected chi connectivity index (χ2v) is 6.45. The zero-order chi connectivity index (χ0) is 19.5. The number of nitrogens with zero attached hydrogens (tertiary/aromatic N) is 2. The average molecular weight is 382 g/mol. The van der Waals surface area contributed by atoms with Gasteiger partial charge in [0.2, 0.25) is 5.89 Å². The van der Waals surface area contributed by atoms with E-state index in [1.165, 1.54) is 18.4 Å². The molecule has 1 aliphatic rings. The summed E-state index contributed by atoms with van der Waals surface area (Å²) < 4.78 is 29.2. The fraction of sp³-hybridized carbons (Fsp3) is 0.238. The minimum atomic E-state index is -0.387. The maximum atomic E-state index is 13.2. The molecule has 1 saturated heterocycles. The van der Waals surface area contributed by atoms with Gasteiger partial charge in [-0.2, -0.15) is 0 Å². The molecule has 144 valence electrons. The Balaban J connectivity index is 1.41. The van der Waals surface area contributed by atoms with E-state index in [1.807, 2.05) is 24.3 Å². The number of benzene rings is 2. The third kappa shape index (κ3) is 3.69. The van der Waals surface area contributed by atoms with Gasteiger partial charge in [-0.1, -0.05) is 18.2 Å². The van der Waals surface area contributed by atoms with Gasteiger partial charge in [0.25, 0.3) is 5.91 Å². The van der Waals surface area contributed by atoms with Gasteiger partial charge >= 0.3 is 0 Å². The van der Waals surface area contributed by atoms with Crippen LogP contribution in [0.1, 0.15) is 34.4 Å². The maximum absolute atomic E-state index is 13.2. The van der Waals surface area contributed by atoms with Crippen LogP contribution in [0.5, 0.6) is 11.5 Å². The number of carbonyl (C=O) groups is 1. The first-order chi connectivity index (χ1) is 13.6.